The van der Waals surface area contributed by atoms with E-state index in [9.17, 15) is 19.5 Å². The standard InChI is InChI=1S/C39H42N4O5/c1-3-4-27-5-11-30(12-6-27)31-15-17-32(18-16-31)34-22-41-39(42-23-34)33-13-7-29(8-14-33)25-43(26-38(46)47)37(45)24-40-36(44)21-28-9-19-35(48-2)20-10-28/h5-14,17,19-20,22-23,31H,3-4,15-16,18,21,24-26H2,1-2H3,(H,40,44)(H,46,47). The fourth-order valence-corrected chi connectivity index (χ4v) is 5.94. The minimum Gasteiger partial charge on any atom is -0.497 e. The molecule has 9 nitrogen and oxygen atoms in total. The number of ether oxygens (including phenoxy) is 1. The quantitative estimate of drug-likeness (QED) is 0.167. The van der Waals surface area contributed by atoms with Crippen LogP contribution in [0.1, 0.15) is 66.3 Å². The molecule has 9 heteroatoms. The third-order valence-electron chi connectivity index (χ3n) is 8.65. The number of benzene rings is 3. The first kappa shape index (κ1) is 34.0. The van der Waals surface area contributed by atoms with E-state index in [2.05, 4.69) is 52.5 Å². The van der Waals surface area contributed by atoms with Crippen molar-refractivity contribution >= 4 is 23.4 Å². The van der Waals surface area contributed by atoms with Gasteiger partial charge in [-0.05, 0) is 71.6 Å². The molecule has 248 valence electrons. The number of carboxylic acids is 1. The number of carbonyl (C=O) groups is 3. The molecule has 0 fully saturated rings. The maximum absolute atomic E-state index is 12.9. The van der Waals surface area contributed by atoms with Crippen LogP contribution in [0.4, 0.5) is 0 Å². The predicted octanol–water partition coefficient (Wildman–Crippen LogP) is 6.23. The molecule has 4 aromatic rings. The maximum atomic E-state index is 12.9. The van der Waals surface area contributed by atoms with E-state index in [-0.39, 0.29) is 25.4 Å². The van der Waals surface area contributed by atoms with E-state index >= 15 is 0 Å². The number of hydrogen-bond acceptors (Lipinski definition) is 6. The van der Waals surface area contributed by atoms with E-state index in [1.165, 1.54) is 21.6 Å². The van der Waals surface area contributed by atoms with Gasteiger partial charge in [-0.15, -0.1) is 0 Å². The lowest BCUT2D eigenvalue weighted by Crippen LogP contribution is -2.42. The number of carboxylic acid groups (broad SMARTS) is 1. The predicted molar refractivity (Wildman–Crippen MR) is 185 cm³/mol. The zero-order valence-electron chi connectivity index (χ0n) is 27.5. The second-order valence-corrected chi connectivity index (χ2v) is 12.1. The largest absolute Gasteiger partial charge is 0.497 e. The Morgan fingerprint density at radius 2 is 1.56 bits per heavy atom. The monoisotopic (exact) mass is 646 g/mol. The highest BCUT2D eigenvalue weighted by molar-refractivity contribution is 5.87. The van der Waals surface area contributed by atoms with Crippen LogP contribution in [-0.2, 0) is 33.8 Å². The van der Waals surface area contributed by atoms with Crippen LogP contribution < -0.4 is 10.1 Å². The molecule has 1 unspecified atom stereocenters. The maximum Gasteiger partial charge on any atom is 0.323 e. The Bertz CT molecular complexity index is 1720. The Balaban J connectivity index is 1.14. The van der Waals surface area contributed by atoms with Crippen LogP contribution in [0.15, 0.2) is 91.3 Å². The van der Waals surface area contributed by atoms with E-state index in [0.29, 0.717) is 17.5 Å². The van der Waals surface area contributed by atoms with Crippen LogP contribution in [0.2, 0.25) is 0 Å². The number of hydrogen-bond donors (Lipinski definition) is 2. The van der Waals surface area contributed by atoms with Crippen molar-refractivity contribution < 1.29 is 24.2 Å². The van der Waals surface area contributed by atoms with Crippen molar-refractivity contribution in [1.29, 1.82) is 0 Å². The molecule has 3 aromatic carbocycles. The van der Waals surface area contributed by atoms with Crippen LogP contribution >= 0.6 is 0 Å². The van der Waals surface area contributed by atoms with Gasteiger partial charge in [-0.2, -0.15) is 0 Å². The van der Waals surface area contributed by atoms with Gasteiger partial charge in [0.25, 0.3) is 0 Å². The highest BCUT2D eigenvalue weighted by atomic mass is 16.5. The molecule has 1 atom stereocenters. The molecule has 1 aromatic heterocycles. The first-order valence-corrected chi connectivity index (χ1v) is 16.4. The topological polar surface area (TPSA) is 122 Å². The Morgan fingerprint density at radius 3 is 2.17 bits per heavy atom. The summed E-state index contributed by atoms with van der Waals surface area (Å²) in [5, 5.41) is 12.0. The van der Waals surface area contributed by atoms with Gasteiger partial charge in [-0.25, -0.2) is 9.97 Å². The van der Waals surface area contributed by atoms with Crippen LogP contribution in [0.3, 0.4) is 0 Å². The highest BCUT2D eigenvalue weighted by Crippen LogP contribution is 2.36. The SMILES string of the molecule is CCCc1ccc(C2CC=C(c3cnc(-c4ccc(CN(CC(=O)O)C(=O)CNC(=O)Cc5ccc(OC)cc5)cc4)nc3)CC2)cc1. The van der Waals surface area contributed by atoms with E-state index in [0.717, 1.165) is 54.4 Å². The number of allylic oxidation sites excluding steroid dienone is 2. The molecule has 1 heterocycles. The van der Waals surface area contributed by atoms with Gasteiger partial charge in [0.15, 0.2) is 5.82 Å². The number of aryl methyl sites for hydroxylation is 1. The van der Waals surface area contributed by atoms with Crippen molar-refractivity contribution in [1.82, 2.24) is 20.2 Å². The molecule has 0 saturated heterocycles. The molecular weight excluding hydrogens is 604 g/mol. The second kappa shape index (κ2) is 16.5. The van der Waals surface area contributed by atoms with E-state index in [4.69, 9.17) is 4.74 Å². The van der Waals surface area contributed by atoms with Gasteiger partial charge in [0.1, 0.15) is 12.3 Å². The summed E-state index contributed by atoms with van der Waals surface area (Å²) in [5.74, 6) is -0.156. The number of rotatable bonds is 14. The lowest BCUT2D eigenvalue weighted by molar-refractivity contribution is -0.144. The minimum absolute atomic E-state index is 0.0809. The Labute approximate surface area is 281 Å². The van der Waals surface area contributed by atoms with Crippen molar-refractivity contribution in [3.05, 3.63) is 119 Å². The van der Waals surface area contributed by atoms with Gasteiger partial charge < -0.3 is 20.1 Å². The summed E-state index contributed by atoms with van der Waals surface area (Å²) in [5.41, 5.74) is 7.44. The summed E-state index contributed by atoms with van der Waals surface area (Å²) in [6.45, 7) is 1.50. The zero-order chi connectivity index (χ0) is 33.9. The molecule has 2 N–H and O–H groups in total. The fraction of sp³-hybridized carbons (Fsp3) is 0.308. The summed E-state index contributed by atoms with van der Waals surface area (Å²) >= 11 is 0. The van der Waals surface area contributed by atoms with Crippen LogP contribution in [0.25, 0.3) is 17.0 Å². The van der Waals surface area contributed by atoms with Crippen molar-refractivity contribution in [3.8, 4) is 17.1 Å². The number of methoxy groups -OCH3 is 1. The number of nitrogens with one attached hydrogen (secondary N) is 1. The minimum atomic E-state index is -1.14. The lowest BCUT2D eigenvalue weighted by atomic mass is 9.83. The Morgan fingerprint density at radius 1 is 0.896 bits per heavy atom. The van der Waals surface area contributed by atoms with Crippen molar-refractivity contribution in [2.75, 3.05) is 20.2 Å². The number of carbonyl (C=O) groups excluding carboxylic acids is 2. The summed E-state index contributed by atoms with van der Waals surface area (Å²) in [7, 11) is 1.56. The van der Waals surface area contributed by atoms with Crippen molar-refractivity contribution in [3.63, 3.8) is 0 Å². The molecule has 1 aliphatic rings. The molecule has 0 bridgehead atoms. The van der Waals surface area contributed by atoms with E-state index < -0.39 is 18.4 Å². The third kappa shape index (κ3) is 9.37. The molecule has 48 heavy (non-hydrogen) atoms. The smallest absolute Gasteiger partial charge is 0.323 e. The summed E-state index contributed by atoms with van der Waals surface area (Å²) in [6.07, 6.45) is 11.5. The average Bonchev–Trinajstić information content (AvgIpc) is 3.11. The molecule has 5 rings (SSSR count). The fourth-order valence-electron chi connectivity index (χ4n) is 5.94. The first-order valence-electron chi connectivity index (χ1n) is 16.4. The third-order valence-corrected chi connectivity index (χ3v) is 8.65. The van der Waals surface area contributed by atoms with Crippen molar-refractivity contribution in [2.45, 2.75) is 57.9 Å². The molecule has 0 spiro atoms. The van der Waals surface area contributed by atoms with Gasteiger partial charge in [-0.1, -0.05) is 80.1 Å². The number of aromatic nitrogens is 2. The van der Waals surface area contributed by atoms with E-state index in [1.54, 1.807) is 31.4 Å². The highest BCUT2D eigenvalue weighted by Gasteiger charge is 2.20. The Kier molecular flexibility index (Phi) is 11.7. The van der Waals surface area contributed by atoms with Gasteiger partial charge in [0.2, 0.25) is 11.8 Å². The first-order chi connectivity index (χ1) is 23.3. The van der Waals surface area contributed by atoms with Gasteiger partial charge in [0, 0.05) is 30.1 Å². The number of nitrogens with zero attached hydrogens (tertiary/aromatic N) is 3. The van der Waals surface area contributed by atoms with Crippen LogP contribution in [0.5, 0.6) is 5.75 Å². The molecule has 1 aliphatic carbocycles. The Hall–Kier alpha value is -5.31. The molecule has 0 radical (unpaired) electrons. The molecule has 2 amide bonds. The molecule has 0 saturated carbocycles. The van der Waals surface area contributed by atoms with Gasteiger partial charge in [0.05, 0.1) is 20.1 Å². The van der Waals surface area contributed by atoms with Gasteiger partial charge in [-0.3, -0.25) is 14.4 Å². The summed E-state index contributed by atoms with van der Waals surface area (Å²) < 4.78 is 5.13. The zero-order valence-corrected chi connectivity index (χ0v) is 27.5. The molecule has 0 aliphatic heterocycles. The summed E-state index contributed by atoms with van der Waals surface area (Å²) in [6, 6.07) is 23.5. The summed E-state index contributed by atoms with van der Waals surface area (Å²) in [4.78, 5) is 47.3. The lowest BCUT2D eigenvalue weighted by Gasteiger charge is -2.22. The number of amides is 2. The molecular formula is C39H42N4O5. The van der Waals surface area contributed by atoms with Crippen LogP contribution in [-0.4, -0.2) is 58.0 Å². The average molecular weight is 647 g/mol. The second-order valence-electron chi connectivity index (χ2n) is 12.1. The normalized spacial score (nSPS) is 14.1. The van der Waals surface area contributed by atoms with Crippen molar-refractivity contribution in [2.24, 2.45) is 0 Å². The van der Waals surface area contributed by atoms with Gasteiger partial charge >= 0.3 is 5.97 Å². The number of aliphatic carboxylic acids is 1. The van der Waals surface area contributed by atoms with E-state index in [1.807, 2.05) is 36.7 Å². The van der Waals surface area contributed by atoms with Crippen LogP contribution in [0, 0.1) is 0 Å².